The molecule has 5 aliphatic rings. The van der Waals surface area contributed by atoms with Crippen molar-refractivity contribution in [1.29, 1.82) is 0 Å². The Bertz CT molecular complexity index is 922. The third kappa shape index (κ3) is 1.08. The lowest BCUT2D eigenvalue weighted by Gasteiger charge is -2.62. The first-order valence-electron chi connectivity index (χ1n) is 8.47. The van der Waals surface area contributed by atoms with E-state index in [0.29, 0.717) is 17.6 Å². The van der Waals surface area contributed by atoms with E-state index in [1.54, 1.807) is 6.92 Å². The Hall–Kier alpha value is -2.21. The first-order valence-corrected chi connectivity index (χ1v) is 8.47. The minimum Gasteiger partial charge on any atom is -0.428 e. The van der Waals surface area contributed by atoms with Gasteiger partial charge in [0.2, 0.25) is 6.29 Å². The summed E-state index contributed by atoms with van der Waals surface area (Å²) in [6, 6.07) is 0. The van der Waals surface area contributed by atoms with E-state index in [4.69, 9.17) is 9.47 Å². The van der Waals surface area contributed by atoms with Crippen molar-refractivity contribution in [2.45, 2.75) is 40.4 Å². The molecule has 6 heteroatoms. The van der Waals surface area contributed by atoms with Gasteiger partial charge in [-0.25, -0.2) is 4.79 Å². The van der Waals surface area contributed by atoms with E-state index >= 15 is 0 Å². The Morgan fingerprint density at radius 3 is 2.32 bits per heavy atom. The molecule has 130 valence electrons. The van der Waals surface area contributed by atoms with Crippen molar-refractivity contribution in [3.05, 3.63) is 34.4 Å². The molecular formula is C19H18O6. The monoisotopic (exact) mass is 342 g/mol. The van der Waals surface area contributed by atoms with E-state index in [1.807, 2.05) is 32.9 Å². The summed E-state index contributed by atoms with van der Waals surface area (Å²) in [6.07, 6.45) is 3.04. The highest BCUT2D eigenvalue weighted by atomic mass is 16.6. The summed E-state index contributed by atoms with van der Waals surface area (Å²) in [7, 11) is 0. The van der Waals surface area contributed by atoms with Crippen LogP contribution in [-0.2, 0) is 23.9 Å². The summed E-state index contributed by atoms with van der Waals surface area (Å²) < 4.78 is 10.0. The molecule has 0 spiro atoms. The molecule has 0 aromatic rings. The molecule has 5 rings (SSSR count). The molecule has 2 heterocycles. The zero-order chi connectivity index (χ0) is 18.2. The van der Waals surface area contributed by atoms with Gasteiger partial charge in [0.1, 0.15) is 10.8 Å². The molecule has 0 aromatic heterocycles. The number of fused-ring (bicyclic) bond motifs is 7. The van der Waals surface area contributed by atoms with Crippen LogP contribution >= 0.6 is 0 Å². The SMILES string of the molecule is CCC12C(=O)OC(=O)C1(C)C1=CC3(C)C4=C(C(=O)OC4O)C3(C)C=C12. The maximum Gasteiger partial charge on any atom is 0.337 e. The molecular weight excluding hydrogens is 324 g/mol. The van der Waals surface area contributed by atoms with Crippen LogP contribution in [0.3, 0.4) is 0 Å². The fraction of sp³-hybridized carbons (Fsp3) is 0.526. The van der Waals surface area contributed by atoms with Gasteiger partial charge in [0.25, 0.3) is 0 Å². The molecule has 2 fully saturated rings. The Morgan fingerprint density at radius 1 is 1.04 bits per heavy atom. The Labute approximate surface area is 144 Å². The third-order valence-corrected chi connectivity index (χ3v) is 7.58. The largest absolute Gasteiger partial charge is 0.428 e. The molecule has 1 saturated carbocycles. The highest BCUT2D eigenvalue weighted by Gasteiger charge is 2.79. The fourth-order valence-corrected chi connectivity index (χ4v) is 5.88. The molecule has 0 aromatic carbocycles. The van der Waals surface area contributed by atoms with Gasteiger partial charge in [-0.15, -0.1) is 0 Å². The summed E-state index contributed by atoms with van der Waals surface area (Å²) in [4.78, 5) is 37.2. The molecule has 1 N–H and O–H groups in total. The van der Waals surface area contributed by atoms with Gasteiger partial charge in [0, 0.05) is 16.4 Å². The van der Waals surface area contributed by atoms with Gasteiger partial charge in [-0.3, -0.25) is 9.59 Å². The second-order valence-corrected chi connectivity index (χ2v) is 8.13. The topological polar surface area (TPSA) is 89.9 Å². The summed E-state index contributed by atoms with van der Waals surface area (Å²) in [5, 5.41) is 10.1. The van der Waals surface area contributed by atoms with E-state index < -0.39 is 45.9 Å². The van der Waals surface area contributed by atoms with Crippen LogP contribution in [0.15, 0.2) is 34.4 Å². The van der Waals surface area contributed by atoms with E-state index in [0.717, 1.165) is 11.1 Å². The van der Waals surface area contributed by atoms with Gasteiger partial charge >= 0.3 is 17.9 Å². The van der Waals surface area contributed by atoms with Crippen LogP contribution in [-0.4, -0.2) is 29.3 Å². The lowest BCUT2D eigenvalue weighted by atomic mass is 9.36. The number of carbonyl (C=O) groups excluding carboxylic acids is 3. The molecule has 0 radical (unpaired) electrons. The number of aliphatic hydroxyl groups excluding tert-OH is 1. The van der Waals surface area contributed by atoms with Crippen molar-refractivity contribution < 1.29 is 29.0 Å². The van der Waals surface area contributed by atoms with E-state index in [9.17, 15) is 19.5 Å². The molecule has 0 bridgehead atoms. The minimum atomic E-state index is -1.26. The zero-order valence-corrected chi connectivity index (χ0v) is 14.4. The third-order valence-electron chi connectivity index (χ3n) is 7.58. The van der Waals surface area contributed by atoms with Crippen LogP contribution in [0.4, 0.5) is 0 Å². The number of allylic oxidation sites excluding steroid dienone is 2. The first-order chi connectivity index (χ1) is 11.6. The predicted octanol–water partition coefficient (Wildman–Crippen LogP) is 1.55. The first kappa shape index (κ1) is 15.1. The molecule has 0 amide bonds. The van der Waals surface area contributed by atoms with Gasteiger partial charge in [-0.05, 0) is 24.5 Å². The number of hydrogen-bond donors (Lipinski definition) is 1. The number of aliphatic hydroxyl groups is 1. The van der Waals surface area contributed by atoms with Gasteiger partial charge in [0.05, 0.1) is 5.57 Å². The molecule has 6 nitrogen and oxygen atoms in total. The van der Waals surface area contributed by atoms with Crippen LogP contribution in [0, 0.1) is 21.7 Å². The average molecular weight is 342 g/mol. The van der Waals surface area contributed by atoms with Crippen molar-refractivity contribution in [3.8, 4) is 0 Å². The summed E-state index contributed by atoms with van der Waals surface area (Å²) >= 11 is 0. The zero-order valence-electron chi connectivity index (χ0n) is 14.4. The van der Waals surface area contributed by atoms with Crippen molar-refractivity contribution in [2.75, 3.05) is 0 Å². The maximum absolute atomic E-state index is 12.5. The quantitative estimate of drug-likeness (QED) is 0.574. The summed E-state index contributed by atoms with van der Waals surface area (Å²) in [6.45, 7) is 7.45. The smallest absolute Gasteiger partial charge is 0.337 e. The van der Waals surface area contributed by atoms with Gasteiger partial charge < -0.3 is 14.6 Å². The Kier molecular flexibility index (Phi) is 2.20. The van der Waals surface area contributed by atoms with Crippen molar-refractivity contribution in [1.82, 2.24) is 0 Å². The average Bonchev–Trinajstić information content (AvgIpc) is 2.91. The fourth-order valence-electron chi connectivity index (χ4n) is 5.88. The van der Waals surface area contributed by atoms with Crippen LogP contribution < -0.4 is 0 Å². The minimum absolute atomic E-state index is 0.447. The van der Waals surface area contributed by atoms with Crippen molar-refractivity contribution >= 4 is 17.9 Å². The Morgan fingerprint density at radius 2 is 1.68 bits per heavy atom. The van der Waals surface area contributed by atoms with Gasteiger partial charge in [-0.1, -0.05) is 32.9 Å². The predicted molar refractivity (Wildman–Crippen MR) is 83.4 cm³/mol. The summed E-state index contributed by atoms with van der Waals surface area (Å²) in [5.41, 5.74) is -0.761. The number of carbonyl (C=O) groups is 3. The van der Waals surface area contributed by atoms with E-state index in [1.165, 1.54) is 0 Å². The molecule has 5 atom stereocenters. The molecule has 2 aliphatic heterocycles. The van der Waals surface area contributed by atoms with Crippen molar-refractivity contribution in [2.24, 2.45) is 21.7 Å². The van der Waals surface area contributed by atoms with E-state index in [2.05, 4.69) is 0 Å². The van der Waals surface area contributed by atoms with E-state index in [-0.39, 0.29) is 0 Å². The maximum atomic E-state index is 12.5. The standard InChI is InChI=1S/C19H18O6/c1-5-19-9-7-17(3)11-10(12(20)24-13(11)21)16(17,2)6-8(9)18(19,4)14(22)25-15(19)23/h6-7,12,20H,5H2,1-4H3. The highest BCUT2D eigenvalue weighted by molar-refractivity contribution is 6.11. The Balaban J connectivity index is 1.79. The lowest BCUT2D eigenvalue weighted by molar-refractivity contribution is -0.155. The molecule has 3 aliphatic carbocycles. The summed E-state index contributed by atoms with van der Waals surface area (Å²) in [5.74, 6) is -1.56. The molecule has 1 saturated heterocycles. The number of rotatable bonds is 1. The number of cyclic esters (lactones) is 3. The number of ether oxygens (including phenoxy) is 2. The number of hydrogen-bond acceptors (Lipinski definition) is 6. The second kappa shape index (κ2) is 3.65. The molecule has 25 heavy (non-hydrogen) atoms. The van der Waals surface area contributed by atoms with Crippen LogP contribution in [0.25, 0.3) is 0 Å². The van der Waals surface area contributed by atoms with Crippen LogP contribution in [0.2, 0.25) is 0 Å². The second-order valence-electron chi connectivity index (χ2n) is 8.13. The molecule has 5 unspecified atom stereocenters. The van der Waals surface area contributed by atoms with Crippen LogP contribution in [0.1, 0.15) is 34.1 Å². The highest BCUT2D eigenvalue weighted by Crippen LogP contribution is 2.77. The number of esters is 3. The normalized spacial score (nSPS) is 49.0. The van der Waals surface area contributed by atoms with Gasteiger partial charge in [-0.2, -0.15) is 0 Å². The lowest BCUT2D eigenvalue weighted by Crippen LogP contribution is -2.61. The van der Waals surface area contributed by atoms with Crippen LogP contribution in [0.5, 0.6) is 0 Å². The van der Waals surface area contributed by atoms with Gasteiger partial charge in [0.15, 0.2) is 0 Å². The van der Waals surface area contributed by atoms with Crippen molar-refractivity contribution in [3.63, 3.8) is 0 Å².